The van der Waals surface area contributed by atoms with Gasteiger partial charge in [0.2, 0.25) is 0 Å². The predicted molar refractivity (Wildman–Crippen MR) is 34.2 cm³/mol. The van der Waals surface area contributed by atoms with Crippen LogP contribution in [-0.4, -0.2) is 28.5 Å². The fourth-order valence-corrected chi connectivity index (χ4v) is 0.513. The molecule has 0 heterocycles. The summed E-state index contributed by atoms with van der Waals surface area (Å²) in [6.45, 7) is 0.0190. The van der Waals surface area contributed by atoms with Crippen molar-refractivity contribution in [2.24, 2.45) is 4.99 Å². The van der Waals surface area contributed by atoms with Gasteiger partial charge in [-0.1, -0.05) is 0 Å². The first-order chi connectivity index (χ1) is 4.06. The molecule has 5 nitrogen and oxygen atoms in total. The van der Waals surface area contributed by atoms with Crippen molar-refractivity contribution in [2.45, 2.75) is 0 Å². The van der Waals surface area contributed by atoms with Gasteiger partial charge in [0.25, 0.3) is 0 Å². The third-order valence-electron chi connectivity index (χ3n) is 0.429. The Labute approximate surface area is 52.1 Å². The predicted octanol–water partition coefficient (Wildman–Crippen LogP) is -0.158. The Bertz CT molecular complexity index is 160. The van der Waals surface area contributed by atoms with E-state index in [1.165, 1.54) is 0 Å². The zero-order valence-corrected chi connectivity index (χ0v) is 5.45. The molecule has 0 spiro atoms. The van der Waals surface area contributed by atoms with Gasteiger partial charge in [-0.3, -0.25) is 9.56 Å². The van der Waals surface area contributed by atoms with E-state index in [1.54, 1.807) is 0 Å². The maximum Gasteiger partial charge on any atom is 0.366 e. The largest absolute Gasteiger partial charge is 0.366 e. The van der Waals surface area contributed by atoms with Gasteiger partial charge in [0.15, 0.2) is 0 Å². The Morgan fingerprint density at radius 1 is 1.67 bits per heavy atom. The molecule has 6 heteroatoms. The van der Waals surface area contributed by atoms with Crippen molar-refractivity contribution in [3.8, 4) is 0 Å². The van der Waals surface area contributed by atoms with E-state index in [4.69, 9.17) is 15.2 Å². The van der Waals surface area contributed by atoms with Gasteiger partial charge in [-0.25, -0.2) is 0 Å². The minimum atomic E-state index is -4.09. The van der Waals surface area contributed by atoms with Crippen LogP contribution in [0.1, 0.15) is 0 Å². The van der Waals surface area contributed by atoms with Crippen LogP contribution in [0.2, 0.25) is 0 Å². The zero-order valence-electron chi connectivity index (χ0n) is 4.56. The van der Waals surface area contributed by atoms with Crippen molar-refractivity contribution in [3.63, 3.8) is 0 Å². The highest BCUT2D eigenvalue weighted by Crippen LogP contribution is 2.29. The van der Waals surface area contributed by atoms with E-state index in [1.807, 2.05) is 0 Å². The average Bonchev–Trinajstić information content (AvgIpc) is 1.63. The minimum Gasteiger partial charge on any atom is -0.320 e. The lowest BCUT2D eigenvalue weighted by molar-refractivity contribution is 0.392. The molecule has 0 atom stereocenters. The van der Waals surface area contributed by atoms with Crippen LogP contribution >= 0.6 is 7.60 Å². The molecule has 0 aromatic heterocycles. The minimum absolute atomic E-state index is 0.0190. The molecule has 0 radical (unpaired) electrons. The summed E-state index contributed by atoms with van der Waals surface area (Å²) in [6, 6.07) is 0. The number of hydrogen-bond donors (Lipinski definition) is 3. The maximum atomic E-state index is 9.98. The highest BCUT2D eigenvalue weighted by atomic mass is 31.2. The third-order valence-corrected chi connectivity index (χ3v) is 0.893. The maximum absolute atomic E-state index is 9.98. The first-order valence-electron chi connectivity index (χ1n) is 2.11. The van der Waals surface area contributed by atoms with E-state index in [0.29, 0.717) is 5.96 Å². The van der Waals surface area contributed by atoms with E-state index in [2.05, 4.69) is 4.99 Å². The standard InChI is InChI=1S/C3H7N2O3P/c4-1-2-5-3-9(6,7)8/h1,3-4H,2H2,(H2,6,7,8). The molecule has 9 heavy (non-hydrogen) atoms. The fourth-order valence-electron chi connectivity index (χ4n) is 0.206. The monoisotopic (exact) mass is 150 g/mol. The summed E-state index contributed by atoms with van der Waals surface area (Å²) in [5.41, 5.74) is 0. The molecule has 0 fully saturated rings. The summed E-state index contributed by atoms with van der Waals surface area (Å²) >= 11 is 0. The smallest absolute Gasteiger partial charge is 0.320 e. The first-order valence-corrected chi connectivity index (χ1v) is 3.79. The van der Waals surface area contributed by atoms with Gasteiger partial charge < -0.3 is 15.2 Å². The van der Waals surface area contributed by atoms with E-state index < -0.39 is 7.60 Å². The van der Waals surface area contributed by atoms with Crippen LogP contribution in [-0.2, 0) is 4.57 Å². The summed E-state index contributed by atoms with van der Waals surface area (Å²) in [6.07, 6.45) is 0.951. The first kappa shape index (κ1) is 8.49. The molecule has 0 unspecified atom stereocenters. The second-order valence-corrected chi connectivity index (χ2v) is 2.68. The van der Waals surface area contributed by atoms with E-state index >= 15 is 0 Å². The second-order valence-electron chi connectivity index (χ2n) is 1.27. The molecular weight excluding hydrogens is 143 g/mol. The van der Waals surface area contributed by atoms with Crippen LogP contribution in [0.3, 0.4) is 0 Å². The van der Waals surface area contributed by atoms with Gasteiger partial charge in [-0.15, -0.1) is 0 Å². The summed E-state index contributed by atoms with van der Waals surface area (Å²) < 4.78 is 9.98. The van der Waals surface area contributed by atoms with Gasteiger partial charge in [0.05, 0.1) is 6.54 Å². The normalized spacial score (nSPS) is 12.2. The van der Waals surface area contributed by atoms with Gasteiger partial charge >= 0.3 is 7.60 Å². The molecule has 0 saturated carbocycles. The summed E-state index contributed by atoms with van der Waals surface area (Å²) in [5, 5.41) is 6.42. The Morgan fingerprint density at radius 2 is 2.22 bits per heavy atom. The lowest BCUT2D eigenvalue weighted by atomic mass is 10.8. The van der Waals surface area contributed by atoms with Crippen LogP contribution in [0.15, 0.2) is 4.99 Å². The Hall–Kier alpha value is -0.510. The van der Waals surface area contributed by atoms with Crippen molar-refractivity contribution in [1.29, 1.82) is 5.41 Å². The summed E-state index contributed by atoms with van der Waals surface area (Å²) in [4.78, 5) is 19.5. The number of aliphatic imine (C=N–C) groups is 1. The summed E-state index contributed by atoms with van der Waals surface area (Å²) in [7, 11) is -4.09. The van der Waals surface area contributed by atoms with Crippen molar-refractivity contribution in [1.82, 2.24) is 0 Å². The van der Waals surface area contributed by atoms with Crippen LogP contribution in [0.4, 0.5) is 0 Å². The Balaban J connectivity index is 3.71. The van der Waals surface area contributed by atoms with Crippen molar-refractivity contribution in [3.05, 3.63) is 0 Å². The molecular formula is C3H7N2O3P. The highest BCUT2D eigenvalue weighted by molar-refractivity contribution is 7.67. The number of hydrogen-bond acceptors (Lipinski definition) is 3. The Kier molecular flexibility index (Phi) is 3.30. The molecule has 0 aromatic carbocycles. The highest BCUT2D eigenvalue weighted by Gasteiger charge is 2.05. The molecule has 0 aliphatic heterocycles. The fraction of sp³-hybridized carbons (Fsp3) is 0.333. The van der Waals surface area contributed by atoms with Crippen molar-refractivity contribution in [2.75, 3.05) is 6.54 Å². The topological polar surface area (TPSA) is 93.7 Å². The number of nitrogens with one attached hydrogen (secondary N) is 1. The zero-order chi connectivity index (χ0) is 7.33. The molecule has 0 aliphatic carbocycles. The van der Waals surface area contributed by atoms with Crippen LogP contribution in [0, 0.1) is 5.41 Å². The molecule has 3 N–H and O–H groups in total. The SMILES string of the molecule is N=CCN=CP(=O)(O)O. The molecule has 0 rings (SSSR count). The second kappa shape index (κ2) is 3.50. The van der Waals surface area contributed by atoms with Crippen molar-refractivity contribution >= 4 is 19.8 Å². The number of rotatable bonds is 3. The molecule has 0 aromatic rings. The van der Waals surface area contributed by atoms with Crippen LogP contribution in [0.5, 0.6) is 0 Å². The molecule has 0 amide bonds. The molecule has 52 valence electrons. The van der Waals surface area contributed by atoms with Gasteiger partial charge in [0.1, 0.15) is 5.96 Å². The van der Waals surface area contributed by atoms with Crippen LogP contribution in [0.25, 0.3) is 0 Å². The third kappa shape index (κ3) is 7.49. The van der Waals surface area contributed by atoms with Gasteiger partial charge in [-0.05, 0) is 0 Å². The molecule has 0 bridgehead atoms. The quantitative estimate of drug-likeness (QED) is 0.385. The van der Waals surface area contributed by atoms with Crippen molar-refractivity contribution < 1.29 is 14.4 Å². The Morgan fingerprint density at radius 3 is 2.56 bits per heavy atom. The van der Waals surface area contributed by atoms with E-state index in [0.717, 1.165) is 6.21 Å². The number of nitrogens with zero attached hydrogens (tertiary/aromatic N) is 1. The van der Waals surface area contributed by atoms with Gasteiger partial charge in [-0.2, -0.15) is 0 Å². The van der Waals surface area contributed by atoms with Gasteiger partial charge in [0, 0.05) is 6.21 Å². The molecule has 0 aliphatic rings. The average molecular weight is 150 g/mol. The summed E-state index contributed by atoms with van der Waals surface area (Å²) in [5.74, 6) is 0.540. The van der Waals surface area contributed by atoms with E-state index in [-0.39, 0.29) is 6.54 Å². The lowest BCUT2D eigenvalue weighted by Crippen LogP contribution is -1.82. The lowest BCUT2D eigenvalue weighted by Gasteiger charge is -1.90. The van der Waals surface area contributed by atoms with Crippen LogP contribution < -0.4 is 0 Å². The molecule has 0 saturated heterocycles. The van der Waals surface area contributed by atoms with E-state index in [9.17, 15) is 4.57 Å².